The van der Waals surface area contributed by atoms with Crippen LogP contribution in [0.15, 0.2) is 60.9 Å². The minimum atomic E-state index is -0.351. The van der Waals surface area contributed by atoms with E-state index in [-0.39, 0.29) is 5.91 Å². The number of rotatable bonds is 6. The lowest BCUT2D eigenvalue weighted by molar-refractivity contribution is -0.111. The number of amides is 1. The summed E-state index contributed by atoms with van der Waals surface area (Å²) in [5, 5.41) is 5.90. The largest absolute Gasteiger partial charge is 0.340 e. The first-order chi connectivity index (χ1) is 14.6. The molecule has 7 heteroatoms. The predicted molar refractivity (Wildman–Crippen MR) is 118 cm³/mol. The standard InChI is InChI=1S/C23H22N6O/c1-3-8-21(30)26-17-11-7-12-18(13-17)27-22-24-15-25-23(28-22)29(2)20-14-19(20)16-9-5-4-6-10-16/h4-7,9-13,15,19-20H,14H2,1-2H3,(H,26,30)(H,24,25,27,28). The molecule has 0 saturated heterocycles. The van der Waals surface area contributed by atoms with E-state index in [1.807, 2.05) is 25.2 Å². The zero-order chi connectivity index (χ0) is 20.9. The van der Waals surface area contributed by atoms with Crippen molar-refractivity contribution in [3.05, 3.63) is 66.5 Å². The van der Waals surface area contributed by atoms with Crippen LogP contribution >= 0.6 is 0 Å². The Labute approximate surface area is 175 Å². The summed E-state index contributed by atoms with van der Waals surface area (Å²) in [6.07, 6.45) is 2.58. The summed E-state index contributed by atoms with van der Waals surface area (Å²) in [7, 11) is 2.01. The molecule has 1 saturated carbocycles. The lowest BCUT2D eigenvalue weighted by Crippen LogP contribution is -2.24. The second-order valence-corrected chi connectivity index (χ2v) is 7.08. The summed E-state index contributed by atoms with van der Waals surface area (Å²) >= 11 is 0. The highest BCUT2D eigenvalue weighted by atomic mass is 16.1. The number of anilines is 4. The Kier molecular flexibility index (Phi) is 5.57. The Morgan fingerprint density at radius 3 is 2.70 bits per heavy atom. The molecule has 1 amide bonds. The minimum absolute atomic E-state index is 0.351. The van der Waals surface area contributed by atoms with Gasteiger partial charge in [-0.1, -0.05) is 42.3 Å². The maximum absolute atomic E-state index is 11.7. The van der Waals surface area contributed by atoms with Gasteiger partial charge in [0.25, 0.3) is 5.91 Å². The highest BCUT2D eigenvalue weighted by molar-refractivity contribution is 6.04. The van der Waals surface area contributed by atoms with Crippen LogP contribution in [0.1, 0.15) is 24.8 Å². The van der Waals surface area contributed by atoms with Crippen LogP contribution in [0.3, 0.4) is 0 Å². The predicted octanol–water partition coefficient (Wildman–Crippen LogP) is 3.57. The summed E-state index contributed by atoms with van der Waals surface area (Å²) in [4.78, 5) is 26.9. The van der Waals surface area contributed by atoms with Gasteiger partial charge in [0.15, 0.2) is 0 Å². The van der Waals surface area contributed by atoms with Gasteiger partial charge in [-0.25, -0.2) is 9.97 Å². The highest BCUT2D eigenvalue weighted by Gasteiger charge is 2.42. The molecule has 1 aliphatic carbocycles. The van der Waals surface area contributed by atoms with E-state index in [1.165, 1.54) is 11.9 Å². The molecule has 1 heterocycles. The van der Waals surface area contributed by atoms with E-state index < -0.39 is 0 Å². The fourth-order valence-corrected chi connectivity index (χ4v) is 3.41. The third kappa shape index (κ3) is 4.55. The number of hydrogen-bond acceptors (Lipinski definition) is 6. The van der Waals surface area contributed by atoms with E-state index in [9.17, 15) is 4.79 Å². The average Bonchev–Trinajstić information content (AvgIpc) is 3.55. The Hall–Kier alpha value is -3.92. The lowest BCUT2D eigenvalue weighted by atomic mass is 10.1. The molecule has 3 aromatic rings. The zero-order valence-electron chi connectivity index (χ0n) is 16.8. The molecule has 0 radical (unpaired) electrons. The fraction of sp³-hybridized carbons (Fsp3) is 0.217. The molecule has 4 rings (SSSR count). The molecule has 1 fully saturated rings. The van der Waals surface area contributed by atoms with Gasteiger partial charge in [0.1, 0.15) is 6.33 Å². The number of nitrogens with zero attached hydrogens (tertiary/aromatic N) is 4. The van der Waals surface area contributed by atoms with Crippen molar-refractivity contribution in [3.63, 3.8) is 0 Å². The van der Waals surface area contributed by atoms with Crippen LogP contribution in [0.4, 0.5) is 23.3 Å². The number of carbonyl (C=O) groups excluding carboxylic acids is 1. The molecule has 2 unspecified atom stereocenters. The van der Waals surface area contributed by atoms with Gasteiger partial charge >= 0.3 is 0 Å². The number of nitrogens with one attached hydrogen (secondary N) is 2. The van der Waals surface area contributed by atoms with Crippen molar-refractivity contribution in [1.29, 1.82) is 0 Å². The summed E-state index contributed by atoms with van der Waals surface area (Å²) in [5.74, 6) is 6.25. The van der Waals surface area contributed by atoms with E-state index >= 15 is 0 Å². The van der Waals surface area contributed by atoms with Crippen molar-refractivity contribution in [1.82, 2.24) is 15.0 Å². The molecule has 2 atom stereocenters. The zero-order valence-corrected chi connectivity index (χ0v) is 16.8. The van der Waals surface area contributed by atoms with Gasteiger partial charge < -0.3 is 15.5 Å². The Bertz CT molecular complexity index is 1110. The smallest absolute Gasteiger partial charge is 0.300 e. The van der Waals surface area contributed by atoms with Crippen molar-refractivity contribution < 1.29 is 4.79 Å². The van der Waals surface area contributed by atoms with Gasteiger partial charge in [0.2, 0.25) is 11.9 Å². The molecular formula is C23H22N6O. The number of hydrogen-bond donors (Lipinski definition) is 2. The Morgan fingerprint density at radius 1 is 1.10 bits per heavy atom. The third-order valence-electron chi connectivity index (χ3n) is 4.97. The van der Waals surface area contributed by atoms with Crippen molar-refractivity contribution in [2.24, 2.45) is 0 Å². The minimum Gasteiger partial charge on any atom is -0.340 e. The molecule has 150 valence electrons. The van der Waals surface area contributed by atoms with Gasteiger partial charge in [-0.3, -0.25) is 4.79 Å². The van der Waals surface area contributed by atoms with Crippen LogP contribution in [0.25, 0.3) is 0 Å². The molecule has 0 bridgehead atoms. The van der Waals surface area contributed by atoms with Gasteiger partial charge in [-0.05, 0) is 43.0 Å². The first-order valence-electron chi connectivity index (χ1n) is 9.71. The molecular weight excluding hydrogens is 376 g/mol. The number of carbonyl (C=O) groups is 1. The van der Waals surface area contributed by atoms with E-state index in [2.05, 4.69) is 66.6 Å². The molecule has 30 heavy (non-hydrogen) atoms. The quantitative estimate of drug-likeness (QED) is 0.618. The van der Waals surface area contributed by atoms with Crippen LogP contribution < -0.4 is 15.5 Å². The molecule has 1 aromatic heterocycles. The van der Waals surface area contributed by atoms with E-state index in [1.54, 1.807) is 19.1 Å². The Balaban J connectivity index is 1.44. The molecule has 0 aliphatic heterocycles. The van der Waals surface area contributed by atoms with E-state index in [0.717, 1.165) is 12.1 Å². The lowest BCUT2D eigenvalue weighted by Gasteiger charge is -2.17. The summed E-state index contributed by atoms with van der Waals surface area (Å²) in [5.41, 5.74) is 2.74. The molecule has 7 nitrogen and oxygen atoms in total. The second kappa shape index (κ2) is 8.62. The van der Waals surface area contributed by atoms with E-state index in [0.29, 0.717) is 29.5 Å². The van der Waals surface area contributed by atoms with Crippen LogP contribution in [-0.2, 0) is 4.79 Å². The number of likely N-dealkylation sites (N-methyl/N-ethyl adjacent to an activating group) is 1. The Morgan fingerprint density at radius 2 is 1.90 bits per heavy atom. The van der Waals surface area contributed by atoms with Gasteiger partial charge in [0, 0.05) is 30.4 Å². The summed E-state index contributed by atoms with van der Waals surface area (Å²) < 4.78 is 0. The fourth-order valence-electron chi connectivity index (χ4n) is 3.41. The van der Waals surface area contributed by atoms with E-state index in [4.69, 9.17) is 0 Å². The first-order valence-corrected chi connectivity index (χ1v) is 9.71. The second-order valence-electron chi connectivity index (χ2n) is 7.08. The van der Waals surface area contributed by atoms with Crippen LogP contribution in [-0.4, -0.2) is 33.9 Å². The van der Waals surface area contributed by atoms with Crippen molar-refractivity contribution >= 4 is 29.2 Å². The maximum Gasteiger partial charge on any atom is 0.300 e. The van der Waals surface area contributed by atoms with Crippen LogP contribution in [0.5, 0.6) is 0 Å². The van der Waals surface area contributed by atoms with Gasteiger partial charge in [-0.2, -0.15) is 4.98 Å². The third-order valence-corrected chi connectivity index (χ3v) is 4.97. The van der Waals surface area contributed by atoms with Gasteiger partial charge in [-0.15, -0.1) is 0 Å². The monoisotopic (exact) mass is 398 g/mol. The van der Waals surface area contributed by atoms with Crippen LogP contribution in [0, 0.1) is 11.8 Å². The van der Waals surface area contributed by atoms with Crippen molar-refractivity contribution in [3.8, 4) is 11.8 Å². The summed E-state index contributed by atoms with van der Waals surface area (Å²) in [6, 6.07) is 18.2. The number of aromatic nitrogens is 3. The highest BCUT2D eigenvalue weighted by Crippen LogP contribution is 2.44. The first kappa shape index (κ1) is 19.4. The summed E-state index contributed by atoms with van der Waals surface area (Å²) in [6.45, 7) is 1.62. The van der Waals surface area contributed by atoms with Gasteiger partial charge in [0.05, 0.1) is 0 Å². The van der Waals surface area contributed by atoms with Crippen LogP contribution in [0.2, 0.25) is 0 Å². The SMILES string of the molecule is CC#CC(=O)Nc1cccc(Nc2ncnc(N(C)C3CC3c3ccccc3)n2)c1. The molecule has 2 aromatic carbocycles. The normalized spacial score (nSPS) is 16.7. The molecule has 2 N–H and O–H groups in total. The molecule has 0 spiro atoms. The maximum atomic E-state index is 11.7. The topological polar surface area (TPSA) is 83.0 Å². The van der Waals surface area contributed by atoms with Crippen molar-refractivity contribution in [2.75, 3.05) is 22.6 Å². The average molecular weight is 398 g/mol. The number of benzene rings is 2. The van der Waals surface area contributed by atoms with Crippen molar-refractivity contribution in [2.45, 2.75) is 25.3 Å². The molecule has 1 aliphatic rings.